The molecular weight excluding hydrogens is 280 g/mol. The summed E-state index contributed by atoms with van der Waals surface area (Å²) in [7, 11) is 0. The maximum Gasteiger partial charge on any atom is 0.326 e. The van der Waals surface area contributed by atoms with Crippen molar-refractivity contribution in [2.75, 3.05) is 0 Å². The average Bonchev–Trinajstić information content (AvgIpc) is 3.16. The number of nitrogens with one attached hydrogen (secondary N) is 2. The van der Waals surface area contributed by atoms with Gasteiger partial charge < -0.3 is 15.4 Å². The van der Waals surface area contributed by atoms with Crippen molar-refractivity contribution in [3.63, 3.8) is 0 Å². The van der Waals surface area contributed by atoms with Gasteiger partial charge in [0.1, 0.15) is 6.04 Å². The number of amides is 1. The molecule has 0 saturated heterocycles. The lowest BCUT2D eigenvalue weighted by Gasteiger charge is -2.17. The number of aliphatic carboxylic acids is 1. The normalized spacial score (nSPS) is 16.7. The molecule has 0 spiro atoms. The molecule has 22 heavy (non-hydrogen) atoms. The van der Waals surface area contributed by atoms with Crippen LogP contribution in [-0.4, -0.2) is 28.0 Å². The van der Waals surface area contributed by atoms with Gasteiger partial charge in [0.2, 0.25) is 5.91 Å². The van der Waals surface area contributed by atoms with Crippen molar-refractivity contribution in [2.45, 2.75) is 38.1 Å². The summed E-state index contributed by atoms with van der Waals surface area (Å²) in [6.07, 6.45) is 5.95. The summed E-state index contributed by atoms with van der Waals surface area (Å²) in [5.41, 5.74) is 1.89. The van der Waals surface area contributed by atoms with Gasteiger partial charge in [-0.3, -0.25) is 4.79 Å². The summed E-state index contributed by atoms with van der Waals surface area (Å²) >= 11 is 0. The third-order valence-corrected chi connectivity index (χ3v) is 4.44. The fourth-order valence-corrected chi connectivity index (χ4v) is 3.20. The van der Waals surface area contributed by atoms with Crippen molar-refractivity contribution in [1.82, 2.24) is 10.3 Å². The van der Waals surface area contributed by atoms with E-state index < -0.39 is 12.0 Å². The van der Waals surface area contributed by atoms with E-state index in [4.69, 9.17) is 0 Å². The molecule has 1 heterocycles. The van der Waals surface area contributed by atoms with E-state index in [1.807, 2.05) is 30.5 Å². The van der Waals surface area contributed by atoms with E-state index in [1.54, 1.807) is 0 Å². The van der Waals surface area contributed by atoms with Crippen LogP contribution in [-0.2, 0) is 16.0 Å². The zero-order valence-electron chi connectivity index (χ0n) is 12.3. The van der Waals surface area contributed by atoms with Crippen molar-refractivity contribution in [1.29, 1.82) is 0 Å². The van der Waals surface area contributed by atoms with Crippen molar-refractivity contribution in [3.05, 3.63) is 36.0 Å². The minimum atomic E-state index is -0.989. The van der Waals surface area contributed by atoms with Gasteiger partial charge in [0.15, 0.2) is 0 Å². The Bertz CT molecular complexity index is 686. The van der Waals surface area contributed by atoms with E-state index in [2.05, 4.69) is 10.3 Å². The lowest BCUT2D eigenvalue weighted by Crippen LogP contribution is -2.44. The second kappa shape index (κ2) is 6.22. The lowest BCUT2D eigenvalue weighted by atomic mass is 10.0. The smallest absolute Gasteiger partial charge is 0.326 e. The number of para-hydroxylation sites is 1. The summed E-state index contributed by atoms with van der Waals surface area (Å²) in [5.74, 6) is -1.13. The molecule has 1 aromatic heterocycles. The maximum absolute atomic E-state index is 12.2. The number of carbonyl (C=O) groups excluding carboxylic acids is 1. The monoisotopic (exact) mass is 300 g/mol. The van der Waals surface area contributed by atoms with E-state index in [9.17, 15) is 14.7 Å². The summed E-state index contributed by atoms with van der Waals surface area (Å²) in [6, 6.07) is 6.88. The lowest BCUT2D eigenvalue weighted by molar-refractivity contribution is -0.142. The molecule has 5 heteroatoms. The number of aromatic amines is 1. The van der Waals surface area contributed by atoms with E-state index in [1.165, 1.54) is 0 Å². The number of benzene rings is 1. The van der Waals surface area contributed by atoms with Crippen molar-refractivity contribution >= 4 is 22.8 Å². The third-order valence-electron chi connectivity index (χ3n) is 4.44. The molecule has 0 radical (unpaired) electrons. The molecular formula is C17H20N2O3. The maximum atomic E-state index is 12.2. The van der Waals surface area contributed by atoms with Gasteiger partial charge in [0.25, 0.3) is 0 Å². The molecule has 1 aliphatic carbocycles. The van der Waals surface area contributed by atoms with E-state index in [-0.39, 0.29) is 18.2 Å². The molecule has 1 fully saturated rings. The van der Waals surface area contributed by atoms with Crippen LogP contribution in [0.15, 0.2) is 30.5 Å². The second-order valence-corrected chi connectivity index (χ2v) is 5.94. The number of fused-ring (bicyclic) bond motifs is 1. The Morgan fingerprint density at radius 1 is 1.27 bits per heavy atom. The van der Waals surface area contributed by atoms with Crippen LogP contribution in [0.3, 0.4) is 0 Å². The van der Waals surface area contributed by atoms with Crippen molar-refractivity contribution < 1.29 is 14.7 Å². The minimum Gasteiger partial charge on any atom is -0.480 e. The largest absolute Gasteiger partial charge is 0.480 e. The first-order chi connectivity index (χ1) is 10.6. The molecule has 1 amide bonds. The van der Waals surface area contributed by atoms with Gasteiger partial charge in [-0.25, -0.2) is 4.79 Å². The van der Waals surface area contributed by atoms with Crippen LogP contribution >= 0.6 is 0 Å². The number of carboxylic acid groups (broad SMARTS) is 1. The molecule has 0 unspecified atom stereocenters. The highest BCUT2D eigenvalue weighted by atomic mass is 16.4. The van der Waals surface area contributed by atoms with Crippen molar-refractivity contribution in [3.8, 4) is 0 Å². The molecule has 116 valence electrons. The Kier molecular flexibility index (Phi) is 4.13. The van der Waals surface area contributed by atoms with Gasteiger partial charge in [-0.15, -0.1) is 0 Å². The summed E-state index contributed by atoms with van der Waals surface area (Å²) in [5, 5.41) is 13.1. The number of H-pyrrole nitrogens is 1. The van der Waals surface area contributed by atoms with Gasteiger partial charge in [-0.1, -0.05) is 31.0 Å². The number of aromatic nitrogens is 1. The quantitative estimate of drug-likeness (QED) is 0.793. The Balaban J connectivity index is 1.74. The molecule has 2 aromatic rings. The Morgan fingerprint density at radius 3 is 2.73 bits per heavy atom. The fourth-order valence-electron chi connectivity index (χ4n) is 3.20. The topological polar surface area (TPSA) is 82.2 Å². The highest BCUT2D eigenvalue weighted by Crippen LogP contribution is 2.25. The van der Waals surface area contributed by atoms with Crippen molar-refractivity contribution in [2.24, 2.45) is 5.92 Å². The molecule has 3 N–H and O–H groups in total. The average molecular weight is 300 g/mol. The highest BCUT2D eigenvalue weighted by Gasteiger charge is 2.28. The molecule has 1 aliphatic rings. The van der Waals surface area contributed by atoms with E-state index in [0.29, 0.717) is 0 Å². The molecule has 1 atom stereocenters. The summed E-state index contributed by atoms with van der Waals surface area (Å²) < 4.78 is 0. The van der Waals surface area contributed by atoms with Crippen LogP contribution in [0.2, 0.25) is 0 Å². The Hall–Kier alpha value is -2.30. The zero-order valence-corrected chi connectivity index (χ0v) is 12.3. The molecule has 3 rings (SSSR count). The Labute approximate surface area is 128 Å². The highest BCUT2D eigenvalue weighted by molar-refractivity contribution is 5.87. The molecule has 1 aromatic carbocycles. The van der Waals surface area contributed by atoms with Crippen LogP contribution in [0.1, 0.15) is 31.2 Å². The fraction of sp³-hybridized carbons (Fsp3) is 0.412. The predicted octanol–water partition coefficient (Wildman–Crippen LogP) is 2.47. The number of carbonyl (C=O) groups is 2. The number of rotatable bonds is 5. The van der Waals surface area contributed by atoms with Gasteiger partial charge in [0, 0.05) is 29.4 Å². The first-order valence-corrected chi connectivity index (χ1v) is 7.73. The van der Waals surface area contributed by atoms with Gasteiger partial charge >= 0.3 is 5.97 Å². The van der Waals surface area contributed by atoms with Crippen LogP contribution in [0.5, 0.6) is 0 Å². The third kappa shape index (κ3) is 2.98. The minimum absolute atomic E-state index is 0.0233. The SMILES string of the molecule is O=C(N[C@H](Cc1c[nH]c2ccccc12)C(=O)O)C1CCCC1. The first-order valence-electron chi connectivity index (χ1n) is 7.73. The molecule has 5 nitrogen and oxygen atoms in total. The summed E-state index contributed by atoms with van der Waals surface area (Å²) in [4.78, 5) is 26.8. The second-order valence-electron chi connectivity index (χ2n) is 5.94. The van der Waals surface area contributed by atoms with Crippen LogP contribution < -0.4 is 5.32 Å². The number of carboxylic acids is 1. The predicted molar refractivity (Wildman–Crippen MR) is 83.5 cm³/mol. The zero-order chi connectivity index (χ0) is 15.5. The standard InChI is InChI=1S/C17H20N2O3/c20-16(11-5-1-2-6-11)19-15(17(21)22)9-12-10-18-14-8-4-3-7-13(12)14/h3-4,7-8,10-11,15,18H,1-2,5-6,9H2,(H,19,20)(H,21,22)/t15-/m1/s1. The first kappa shape index (κ1) is 14.6. The van der Waals surface area contributed by atoms with Crippen LogP contribution in [0.25, 0.3) is 10.9 Å². The Morgan fingerprint density at radius 2 is 2.00 bits per heavy atom. The van der Waals surface area contributed by atoms with Gasteiger partial charge in [0.05, 0.1) is 0 Å². The van der Waals surface area contributed by atoms with Gasteiger partial charge in [-0.2, -0.15) is 0 Å². The summed E-state index contributed by atoms with van der Waals surface area (Å²) in [6.45, 7) is 0. The molecule has 0 aliphatic heterocycles. The van der Waals surface area contributed by atoms with Gasteiger partial charge in [-0.05, 0) is 24.5 Å². The van der Waals surface area contributed by atoms with E-state index >= 15 is 0 Å². The van der Waals surface area contributed by atoms with Crippen LogP contribution in [0, 0.1) is 5.92 Å². The van der Waals surface area contributed by atoms with Crippen LogP contribution in [0.4, 0.5) is 0 Å². The molecule has 1 saturated carbocycles. The van der Waals surface area contributed by atoms with E-state index in [0.717, 1.165) is 42.1 Å². The number of hydrogen-bond acceptors (Lipinski definition) is 2. The number of hydrogen-bond donors (Lipinski definition) is 3. The molecule has 0 bridgehead atoms.